The molecule has 11 heteroatoms. The summed E-state index contributed by atoms with van der Waals surface area (Å²) < 4.78 is 30.7. The topological polar surface area (TPSA) is 97.8 Å². The van der Waals surface area contributed by atoms with Gasteiger partial charge in [-0.25, -0.2) is 19.2 Å². The zero-order chi connectivity index (χ0) is 25.3. The normalized spacial score (nSPS) is 14.0. The van der Waals surface area contributed by atoms with Crippen molar-refractivity contribution in [3.8, 4) is 11.5 Å². The lowest BCUT2D eigenvalue weighted by atomic mass is 10.1. The summed E-state index contributed by atoms with van der Waals surface area (Å²) in [4.78, 5) is 22.6. The third-order valence-electron chi connectivity index (χ3n) is 5.82. The first kappa shape index (κ1) is 25.7. The fourth-order valence-electron chi connectivity index (χ4n) is 3.88. The molecular formula is C25H29ClFN5O4. The van der Waals surface area contributed by atoms with Gasteiger partial charge in [-0.15, -0.1) is 0 Å². The highest BCUT2D eigenvalue weighted by Crippen LogP contribution is 2.34. The number of urea groups is 1. The van der Waals surface area contributed by atoms with Gasteiger partial charge in [-0.2, -0.15) is 0 Å². The Bertz CT molecular complexity index is 1180. The van der Waals surface area contributed by atoms with Crippen molar-refractivity contribution in [3.05, 3.63) is 53.7 Å². The number of nitrogens with zero attached hydrogens (tertiary/aromatic N) is 3. The van der Waals surface area contributed by atoms with Gasteiger partial charge >= 0.3 is 6.03 Å². The van der Waals surface area contributed by atoms with E-state index >= 15 is 0 Å². The zero-order valence-electron chi connectivity index (χ0n) is 20.0. The van der Waals surface area contributed by atoms with Gasteiger partial charge in [-0.05, 0) is 30.7 Å². The molecule has 2 N–H and O–H groups in total. The van der Waals surface area contributed by atoms with Gasteiger partial charge in [0.1, 0.15) is 18.2 Å². The number of benzene rings is 2. The molecular weight excluding hydrogens is 489 g/mol. The van der Waals surface area contributed by atoms with Crippen LogP contribution in [0.5, 0.6) is 11.5 Å². The summed E-state index contributed by atoms with van der Waals surface area (Å²) >= 11 is 5.85. The lowest BCUT2D eigenvalue weighted by Gasteiger charge is -2.32. The van der Waals surface area contributed by atoms with Gasteiger partial charge in [-0.3, -0.25) is 0 Å². The predicted molar refractivity (Wildman–Crippen MR) is 135 cm³/mol. The Labute approximate surface area is 213 Å². The zero-order valence-corrected chi connectivity index (χ0v) is 20.8. The Kier molecular flexibility index (Phi) is 8.96. The van der Waals surface area contributed by atoms with Crippen LogP contribution in [-0.4, -0.2) is 67.1 Å². The van der Waals surface area contributed by atoms with Crippen LogP contribution in [0, 0.1) is 5.82 Å². The summed E-state index contributed by atoms with van der Waals surface area (Å²) in [5.74, 6) is 0.599. The Hall–Kier alpha value is -3.37. The fourth-order valence-corrected chi connectivity index (χ4v) is 4.06. The molecule has 36 heavy (non-hydrogen) atoms. The number of methoxy groups -OCH3 is 1. The molecule has 9 nitrogen and oxygen atoms in total. The van der Waals surface area contributed by atoms with Crippen LogP contribution in [0.2, 0.25) is 5.02 Å². The van der Waals surface area contributed by atoms with E-state index in [0.29, 0.717) is 56.3 Å². The lowest BCUT2D eigenvalue weighted by Crippen LogP contribution is -2.46. The van der Waals surface area contributed by atoms with Gasteiger partial charge in [0.15, 0.2) is 18.2 Å². The van der Waals surface area contributed by atoms with Crippen LogP contribution in [0.3, 0.4) is 0 Å². The van der Waals surface area contributed by atoms with E-state index in [2.05, 4.69) is 20.6 Å². The smallest absolute Gasteiger partial charge is 0.317 e. The number of carbonyl (C=O) groups excluding carboxylic acids is 1. The monoisotopic (exact) mass is 517 g/mol. The van der Waals surface area contributed by atoms with Crippen molar-refractivity contribution in [1.29, 1.82) is 0 Å². The van der Waals surface area contributed by atoms with Crippen LogP contribution in [0.1, 0.15) is 19.3 Å². The summed E-state index contributed by atoms with van der Waals surface area (Å²) in [6, 6.07) is 7.95. The first-order chi connectivity index (χ1) is 17.5. The standard InChI is InChI=1S/C25H29ClFN5O4/c1-34-10-2-7-29-25(33)32-8-5-19(6-9-32)36-24-11-17-14-28-15-30-22(17)13-23(24)35-16-31-18-3-4-21(27)20(26)12-18/h3-4,11-15,19,31H,2,5-10,16H2,1H3,(H,29,33). The van der Waals surface area contributed by atoms with E-state index in [-0.39, 0.29) is 23.9 Å². The molecule has 2 amide bonds. The maximum atomic E-state index is 13.4. The van der Waals surface area contributed by atoms with Crippen LogP contribution in [-0.2, 0) is 4.74 Å². The molecule has 192 valence electrons. The molecule has 4 rings (SSSR count). The Balaban J connectivity index is 1.37. The average molecular weight is 518 g/mol. The Morgan fingerprint density at radius 3 is 2.83 bits per heavy atom. The second-order valence-electron chi connectivity index (χ2n) is 8.36. The SMILES string of the molecule is COCCCNC(=O)N1CCC(Oc2cc3cncnc3cc2OCNc2ccc(F)c(Cl)c2)CC1. The fraction of sp³-hybridized carbons (Fsp3) is 0.400. The number of rotatable bonds is 10. The molecule has 0 spiro atoms. The van der Waals surface area contributed by atoms with Crippen LogP contribution in [0.15, 0.2) is 42.9 Å². The first-order valence-corrected chi connectivity index (χ1v) is 12.1. The van der Waals surface area contributed by atoms with Crippen molar-refractivity contribution in [2.45, 2.75) is 25.4 Å². The largest absolute Gasteiger partial charge is 0.486 e. The molecule has 0 saturated carbocycles. The Morgan fingerprint density at radius 1 is 1.22 bits per heavy atom. The minimum absolute atomic E-state index is 0.0291. The molecule has 1 saturated heterocycles. The molecule has 1 aliphatic rings. The van der Waals surface area contributed by atoms with Gasteiger partial charge in [0.05, 0.1) is 10.5 Å². The van der Waals surface area contributed by atoms with Crippen molar-refractivity contribution in [2.75, 3.05) is 45.4 Å². The number of hydrogen-bond donors (Lipinski definition) is 2. The van der Waals surface area contributed by atoms with Crippen LogP contribution < -0.4 is 20.1 Å². The predicted octanol–water partition coefficient (Wildman–Crippen LogP) is 4.46. The highest BCUT2D eigenvalue weighted by Gasteiger charge is 2.25. The number of hydrogen-bond acceptors (Lipinski definition) is 7. The molecule has 2 aromatic carbocycles. The molecule has 1 fully saturated rings. The summed E-state index contributed by atoms with van der Waals surface area (Å²) in [7, 11) is 1.64. The number of aromatic nitrogens is 2. The number of fused-ring (bicyclic) bond motifs is 1. The third kappa shape index (κ3) is 6.86. The molecule has 1 aliphatic heterocycles. The molecule has 0 radical (unpaired) electrons. The second-order valence-corrected chi connectivity index (χ2v) is 8.76. The van der Waals surface area contributed by atoms with Crippen molar-refractivity contribution < 1.29 is 23.4 Å². The van der Waals surface area contributed by atoms with E-state index < -0.39 is 5.82 Å². The maximum absolute atomic E-state index is 13.4. The molecule has 0 atom stereocenters. The third-order valence-corrected chi connectivity index (χ3v) is 6.11. The molecule has 0 unspecified atom stereocenters. The van der Waals surface area contributed by atoms with E-state index in [9.17, 15) is 9.18 Å². The van der Waals surface area contributed by atoms with E-state index in [1.165, 1.54) is 18.5 Å². The van der Waals surface area contributed by atoms with Crippen molar-refractivity contribution >= 4 is 34.2 Å². The maximum Gasteiger partial charge on any atom is 0.317 e. The van der Waals surface area contributed by atoms with Gasteiger partial charge in [0, 0.05) is 69.5 Å². The number of likely N-dealkylation sites (tertiary alicyclic amines) is 1. The lowest BCUT2D eigenvalue weighted by molar-refractivity contribution is 0.107. The summed E-state index contributed by atoms with van der Waals surface area (Å²) in [6.45, 7) is 2.50. The van der Waals surface area contributed by atoms with Crippen molar-refractivity contribution in [3.63, 3.8) is 0 Å². The number of carbonyl (C=O) groups is 1. The van der Waals surface area contributed by atoms with E-state index in [0.717, 1.165) is 17.3 Å². The van der Waals surface area contributed by atoms with Crippen molar-refractivity contribution in [1.82, 2.24) is 20.2 Å². The number of halogens is 2. The van der Waals surface area contributed by atoms with Crippen LogP contribution in [0.25, 0.3) is 10.9 Å². The highest BCUT2D eigenvalue weighted by atomic mass is 35.5. The van der Waals surface area contributed by atoms with Crippen LogP contribution in [0.4, 0.5) is 14.9 Å². The van der Waals surface area contributed by atoms with Gasteiger partial charge in [0.2, 0.25) is 0 Å². The number of amides is 2. The van der Waals surface area contributed by atoms with E-state index in [1.54, 1.807) is 30.3 Å². The molecule has 3 aromatic rings. The van der Waals surface area contributed by atoms with Gasteiger partial charge in [-0.1, -0.05) is 11.6 Å². The molecule has 2 heterocycles. The first-order valence-electron chi connectivity index (χ1n) is 11.8. The number of anilines is 1. The van der Waals surface area contributed by atoms with Gasteiger partial charge < -0.3 is 29.7 Å². The molecule has 0 aliphatic carbocycles. The van der Waals surface area contributed by atoms with Crippen LogP contribution >= 0.6 is 11.6 Å². The average Bonchev–Trinajstić information content (AvgIpc) is 2.89. The quantitative estimate of drug-likeness (QED) is 0.302. The van der Waals surface area contributed by atoms with E-state index in [4.69, 9.17) is 25.8 Å². The molecule has 1 aromatic heterocycles. The second kappa shape index (κ2) is 12.5. The summed E-state index contributed by atoms with van der Waals surface area (Å²) in [5.41, 5.74) is 1.34. The van der Waals surface area contributed by atoms with Gasteiger partial charge in [0.25, 0.3) is 0 Å². The summed E-state index contributed by atoms with van der Waals surface area (Å²) in [6.07, 6.45) is 5.28. The Morgan fingerprint density at radius 2 is 2.06 bits per heavy atom. The van der Waals surface area contributed by atoms with Crippen molar-refractivity contribution in [2.24, 2.45) is 0 Å². The number of ether oxygens (including phenoxy) is 3. The minimum Gasteiger partial charge on any atom is -0.486 e. The van der Waals surface area contributed by atoms with E-state index in [1.807, 2.05) is 6.07 Å². The number of piperidine rings is 1. The molecule has 0 bridgehead atoms. The minimum atomic E-state index is -0.484. The number of nitrogens with one attached hydrogen (secondary N) is 2. The highest BCUT2D eigenvalue weighted by molar-refractivity contribution is 6.31. The summed E-state index contributed by atoms with van der Waals surface area (Å²) in [5, 5.41) is 6.84.